The molecule has 1 amide bonds. The predicted molar refractivity (Wildman–Crippen MR) is 126 cm³/mol. The van der Waals surface area contributed by atoms with Gasteiger partial charge in [-0.1, -0.05) is 17.7 Å². The lowest BCUT2D eigenvalue weighted by molar-refractivity contribution is 0.102. The summed E-state index contributed by atoms with van der Waals surface area (Å²) >= 11 is 7.39. The Hall–Kier alpha value is -2.68. The Morgan fingerprint density at radius 2 is 1.68 bits per heavy atom. The average Bonchev–Trinajstić information content (AvgIpc) is 2.75. The van der Waals surface area contributed by atoms with E-state index in [1.165, 1.54) is 31.0 Å². The lowest BCUT2D eigenvalue weighted by atomic mass is 10.1. The van der Waals surface area contributed by atoms with Gasteiger partial charge < -0.3 is 10.1 Å². The summed E-state index contributed by atoms with van der Waals surface area (Å²) in [5.41, 5.74) is 2.02. The van der Waals surface area contributed by atoms with Crippen LogP contribution in [0.15, 0.2) is 70.5 Å². The molecule has 0 radical (unpaired) electrons. The van der Waals surface area contributed by atoms with Crippen LogP contribution < -0.4 is 14.8 Å². The summed E-state index contributed by atoms with van der Waals surface area (Å²) in [6.45, 7) is 1.85. The fourth-order valence-electron chi connectivity index (χ4n) is 2.86. The largest absolute Gasteiger partial charge is 0.495 e. The third kappa shape index (κ3) is 5.52. The van der Waals surface area contributed by atoms with Gasteiger partial charge in [0.15, 0.2) is 0 Å². The van der Waals surface area contributed by atoms with Crippen molar-refractivity contribution in [3.05, 3.63) is 76.8 Å². The number of carbonyl (C=O) groups excluding carboxylic acids is 1. The van der Waals surface area contributed by atoms with E-state index in [2.05, 4.69) is 10.0 Å². The van der Waals surface area contributed by atoms with Crippen molar-refractivity contribution in [3.8, 4) is 5.75 Å². The van der Waals surface area contributed by atoms with Gasteiger partial charge in [0.25, 0.3) is 15.9 Å². The molecule has 6 nitrogen and oxygen atoms in total. The van der Waals surface area contributed by atoms with Crippen molar-refractivity contribution in [3.63, 3.8) is 0 Å². The van der Waals surface area contributed by atoms with Gasteiger partial charge in [-0.25, -0.2) is 8.42 Å². The highest BCUT2D eigenvalue weighted by molar-refractivity contribution is 7.98. The number of sulfonamides is 1. The van der Waals surface area contributed by atoms with Gasteiger partial charge in [-0.2, -0.15) is 0 Å². The number of anilines is 2. The van der Waals surface area contributed by atoms with Crippen molar-refractivity contribution in [2.45, 2.75) is 16.7 Å². The molecule has 31 heavy (non-hydrogen) atoms. The Morgan fingerprint density at radius 1 is 1.00 bits per heavy atom. The van der Waals surface area contributed by atoms with Crippen molar-refractivity contribution in [2.24, 2.45) is 0 Å². The zero-order chi connectivity index (χ0) is 22.6. The topological polar surface area (TPSA) is 84.5 Å². The minimum Gasteiger partial charge on any atom is -0.495 e. The van der Waals surface area contributed by atoms with Crippen LogP contribution in [-0.2, 0) is 10.0 Å². The van der Waals surface area contributed by atoms with Crippen LogP contribution in [0.1, 0.15) is 15.9 Å². The van der Waals surface area contributed by atoms with Crippen LogP contribution in [0.25, 0.3) is 0 Å². The maximum absolute atomic E-state index is 13.0. The molecule has 0 aliphatic heterocycles. The zero-order valence-corrected chi connectivity index (χ0v) is 19.5. The molecule has 0 atom stereocenters. The van der Waals surface area contributed by atoms with Crippen molar-refractivity contribution < 1.29 is 17.9 Å². The number of benzene rings is 3. The summed E-state index contributed by atoms with van der Waals surface area (Å²) in [7, 11) is -2.60. The van der Waals surface area contributed by atoms with Crippen molar-refractivity contribution in [2.75, 3.05) is 23.4 Å². The van der Waals surface area contributed by atoms with E-state index in [9.17, 15) is 13.2 Å². The van der Waals surface area contributed by atoms with E-state index < -0.39 is 10.0 Å². The summed E-state index contributed by atoms with van der Waals surface area (Å²) in [5, 5.41) is 3.26. The van der Waals surface area contributed by atoms with Gasteiger partial charge in [0.05, 0.1) is 7.11 Å². The average molecular weight is 477 g/mol. The highest BCUT2D eigenvalue weighted by Gasteiger charge is 2.21. The second-order valence-corrected chi connectivity index (χ2v) is 9.58. The van der Waals surface area contributed by atoms with Crippen molar-refractivity contribution in [1.82, 2.24) is 0 Å². The first kappa shape index (κ1) is 23.0. The third-order valence-electron chi connectivity index (χ3n) is 4.50. The van der Waals surface area contributed by atoms with Gasteiger partial charge in [-0.15, -0.1) is 11.8 Å². The number of hydrogen-bond donors (Lipinski definition) is 2. The molecule has 162 valence electrons. The first-order valence-electron chi connectivity index (χ1n) is 9.16. The number of nitrogens with one attached hydrogen (secondary N) is 2. The number of amides is 1. The highest BCUT2D eigenvalue weighted by Crippen LogP contribution is 2.30. The Balaban J connectivity index is 1.91. The molecule has 0 saturated carbocycles. The molecular weight excluding hydrogens is 456 g/mol. The molecular formula is C22H21ClN2O4S2. The molecule has 2 N–H and O–H groups in total. The SMILES string of the molecule is COc1ccc(NC(=O)c2cc(SC)ccc2C)cc1S(=O)(=O)Nc1ccc(Cl)cc1. The van der Waals surface area contributed by atoms with E-state index in [-0.39, 0.29) is 16.6 Å². The lowest BCUT2D eigenvalue weighted by Gasteiger charge is -2.14. The van der Waals surface area contributed by atoms with Crippen LogP contribution in [0.4, 0.5) is 11.4 Å². The molecule has 3 aromatic rings. The van der Waals surface area contributed by atoms with Gasteiger partial charge in [0.1, 0.15) is 10.6 Å². The van der Waals surface area contributed by atoms with Crippen molar-refractivity contribution in [1.29, 1.82) is 0 Å². The maximum atomic E-state index is 13.0. The first-order chi connectivity index (χ1) is 14.7. The molecule has 0 fully saturated rings. The second kappa shape index (κ2) is 9.64. The van der Waals surface area contributed by atoms with E-state index in [4.69, 9.17) is 16.3 Å². The molecule has 0 aromatic heterocycles. The van der Waals surface area contributed by atoms with Crippen LogP contribution >= 0.6 is 23.4 Å². The number of methoxy groups -OCH3 is 1. The number of halogens is 1. The molecule has 0 unspecified atom stereocenters. The van der Waals surface area contributed by atoms with Gasteiger partial charge in [-0.3, -0.25) is 9.52 Å². The first-order valence-corrected chi connectivity index (χ1v) is 12.2. The van der Waals surface area contributed by atoms with Gasteiger partial charge >= 0.3 is 0 Å². The molecule has 0 spiro atoms. The summed E-state index contributed by atoms with van der Waals surface area (Å²) in [6.07, 6.45) is 1.93. The van der Waals surface area contributed by atoms with Crippen LogP contribution in [0.2, 0.25) is 5.02 Å². The van der Waals surface area contributed by atoms with Gasteiger partial charge in [0.2, 0.25) is 0 Å². The van der Waals surface area contributed by atoms with Gasteiger partial charge in [-0.05, 0) is 73.3 Å². The number of aryl methyl sites for hydroxylation is 1. The molecule has 0 saturated heterocycles. The smallest absolute Gasteiger partial charge is 0.265 e. The fourth-order valence-corrected chi connectivity index (χ4v) is 4.68. The monoisotopic (exact) mass is 476 g/mol. The summed E-state index contributed by atoms with van der Waals surface area (Å²) in [6, 6.07) is 16.3. The molecule has 0 aliphatic carbocycles. The molecule has 0 bridgehead atoms. The predicted octanol–water partition coefficient (Wildman–Crippen LogP) is 5.43. The summed E-state index contributed by atoms with van der Waals surface area (Å²) in [4.78, 5) is 13.7. The third-order valence-corrected chi connectivity index (χ3v) is 6.88. The van der Waals surface area contributed by atoms with Crippen LogP contribution in [0.5, 0.6) is 5.75 Å². The number of hydrogen-bond acceptors (Lipinski definition) is 5. The van der Waals surface area contributed by atoms with E-state index >= 15 is 0 Å². The Kier molecular flexibility index (Phi) is 7.15. The summed E-state index contributed by atoms with van der Waals surface area (Å²) in [5.74, 6) is -0.174. The van der Waals surface area contributed by atoms with E-state index in [0.29, 0.717) is 22.0 Å². The maximum Gasteiger partial charge on any atom is 0.265 e. The standard InChI is InChI=1S/C22H21ClN2O4S2/c1-14-4-10-18(30-3)13-19(14)22(26)24-17-9-11-20(29-2)21(12-17)31(27,28)25-16-7-5-15(23)6-8-16/h4-13,25H,1-3H3,(H,24,26). The lowest BCUT2D eigenvalue weighted by Crippen LogP contribution is -2.16. The molecule has 0 heterocycles. The number of rotatable bonds is 7. The highest BCUT2D eigenvalue weighted by atomic mass is 35.5. The molecule has 3 rings (SSSR count). The quantitative estimate of drug-likeness (QED) is 0.444. The minimum absolute atomic E-state index is 0.0997. The van der Waals surface area contributed by atoms with Crippen LogP contribution in [0, 0.1) is 6.92 Å². The Bertz CT molecular complexity index is 1210. The Morgan fingerprint density at radius 3 is 2.32 bits per heavy atom. The van der Waals surface area contributed by atoms with Crippen LogP contribution in [-0.4, -0.2) is 27.7 Å². The molecule has 3 aromatic carbocycles. The minimum atomic E-state index is -3.98. The van der Waals surface area contributed by atoms with E-state index in [1.807, 2.05) is 25.3 Å². The molecule has 0 aliphatic rings. The van der Waals surface area contributed by atoms with E-state index in [0.717, 1.165) is 10.5 Å². The number of thioether (sulfide) groups is 1. The summed E-state index contributed by atoms with van der Waals surface area (Å²) < 4.78 is 33.7. The number of carbonyl (C=O) groups is 1. The Labute approximate surface area is 191 Å². The molecule has 9 heteroatoms. The fraction of sp³-hybridized carbons (Fsp3) is 0.136. The van der Waals surface area contributed by atoms with E-state index in [1.54, 1.807) is 36.4 Å². The van der Waals surface area contributed by atoms with Crippen LogP contribution in [0.3, 0.4) is 0 Å². The normalized spacial score (nSPS) is 11.1. The van der Waals surface area contributed by atoms with Crippen molar-refractivity contribution >= 4 is 50.7 Å². The number of ether oxygens (including phenoxy) is 1. The zero-order valence-electron chi connectivity index (χ0n) is 17.1. The second-order valence-electron chi connectivity index (χ2n) is 6.61. The van der Waals surface area contributed by atoms with Gasteiger partial charge in [0, 0.05) is 26.9 Å².